The highest BCUT2D eigenvalue weighted by molar-refractivity contribution is 9.09. The zero-order chi connectivity index (χ0) is 9.56. The monoisotopic (exact) mass is 237 g/mol. The van der Waals surface area contributed by atoms with Gasteiger partial charge >= 0.3 is 6.09 Å². The number of ketones is 1. The number of methoxy groups -OCH3 is 1. The highest BCUT2D eigenvalue weighted by Crippen LogP contribution is 1.96. The molecule has 0 fully saturated rings. The van der Waals surface area contributed by atoms with E-state index in [1.54, 1.807) is 0 Å². The van der Waals surface area contributed by atoms with Gasteiger partial charge in [0.1, 0.15) is 0 Å². The lowest BCUT2D eigenvalue weighted by atomic mass is 10.1. The predicted octanol–water partition coefficient (Wildman–Crippen LogP) is 1.08. The van der Waals surface area contributed by atoms with Gasteiger partial charge in [-0.2, -0.15) is 0 Å². The molecule has 0 rings (SSSR count). The van der Waals surface area contributed by atoms with E-state index in [-0.39, 0.29) is 11.1 Å². The van der Waals surface area contributed by atoms with Crippen molar-refractivity contribution in [1.29, 1.82) is 0 Å². The van der Waals surface area contributed by atoms with Gasteiger partial charge in [0.2, 0.25) is 0 Å². The number of alkyl halides is 1. The molecule has 1 amide bonds. The average Bonchev–Trinajstić information content (AvgIpc) is 2.12. The second-order valence-electron chi connectivity index (χ2n) is 2.20. The summed E-state index contributed by atoms with van der Waals surface area (Å²) in [6, 6.07) is -0.447. The number of hydrogen-bond acceptors (Lipinski definition) is 3. The second kappa shape index (κ2) is 5.99. The molecule has 0 aliphatic heterocycles. The van der Waals surface area contributed by atoms with E-state index in [4.69, 9.17) is 0 Å². The first kappa shape index (κ1) is 11.4. The molecule has 0 aromatic rings. The summed E-state index contributed by atoms with van der Waals surface area (Å²) in [5, 5.41) is 2.67. The molecule has 0 aliphatic rings. The van der Waals surface area contributed by atoms with Crippen LogP contribution in [0.2, 0.25) is 0 Å². The molecular weight excluding hydrogens is 226 g/mol. The third-order valence-corrected chi connectivity index (χ3v) is 1.96. The van der Waals surface area contributed by atoms with Crippen LogP contribution in [0.25, 0.3) is 0 Å². The first-order valence-corrected chi connectivity index (χ1v) is 4.71. The van der Waals surface area contributed by atoms with E-state index in [0.29, 0.717) is 6.42 Å². The van der Waals surface area contributed by atoms with Crippen molar-refractivity contribution >= 4 is 27.8 Å². The van der Waals surface area contributed by atoms with E-state index >= 15 is 0 Å². The molecule has 0 aliphatic carbocycles. The van der Waals surface area contributed by atoms with Crippen molar-refractivity contribution in [2.75, 3.05) is 12.4 Å². The van der Waals surface area contributed by atoms with Crippen LogP contribution in [0, 0.1) is 0 Å². The van der Waals surface area contributed by atoms with Crippen LogP contribution in [-0.4, -0.2) is 30.4 Å². The second-order valence-corrected chi connectivity index (χ2v) is 2.76. The molecular formula is C7H12BrNO3. The van der Waals surface area contributed by atoms with Crippen LogP contribution in [0.1, 0.15) is 13.3 Å². The smallest absolute Gasteiger partial charge is 0.407 e. The van der Waals surface area contributed by atoms with Gasteiger partial charge in [0.15, 0.2) is 5.78 Å². The molecule has 1 N–H and O–H groups in total. The molecule has 0 saturated heterocycles. The summed E-state index contributed by atoms with van der Waals surface area (Å²) in [4.78, 5) is 21.8. The van der Waals surface area contributed by atoms with Gasteiger partial charge in [0.05, 0.1) is 18.5 Å². The van der Waals surface area contributed by atoms with E-state index in [0.717, 1.165) is 0 Å². The van der Waals surface area contributed by atoms with E-state index in [9.17, 15) is 9.59 Å². The largest absolute Gasteiger partial charge is 0.453 e. The van der Waals surface area contributed by atoms with Crippen LogP contribution >= 0.6 is 15.9 Å². The molecule has 0 heterocycles. The van der Waals surface area contributed by atoms with Crippen molar-refractivity contribution < 1.29 is 14.3 Å². The lowest BCUT2D eigenvalue weighted by molar-refractivity contribution is -0.118. The van der Waals surface area contributed by atoms with Crippen LogP contribution < -0.4 is 5.32 Å². The maximum absolute atomic E-state index is 11.1. The minimum absolute atomic E-state index is 0.0529. The maximum atomic E-state index is 11.1. The van der Waals surface area contributed by atoms with Gasteiger partial charge in [-0.15, -0.1) is 0 Å². The van der Waals surface area contributed by atoms with Gasteiger partial charge in [0.25, 0.3) is 0 Å². The fraction of sp³-hybridized carbons (Fsp3) is 0.714. The number of Topliss-reactive ketones (excluding diaryl/α,β-unsaturated/α-hetero) is 1. The Morgan fingerprint density at radius 1 is 1.58 bits per heavy atom. The topological polar surface area (TPSA) is 55.4 Å². The SMILES string of the molecule is CCC(NC(=O)OC)C(=O)CBr. The normalized spacial score (nSPS) is 11.9. The Balaban J connectivity index is 3.99. The Morgan fingerprint density at radius 2 is 2.17 bits per heavy atom. The standard InChI is InChI=1S/C7H12BrNO3/c1-3-5(6(10)4-8)9-7(11)12-2/h5H,3-4H2,1-2H3,(H,9,11). The summed E-state index contributed by atoms with van der Waals surface area (Å²) in [5.74, 6) is -0.0529. The van der Waals surface area contributed by atoms with Crippen molar-refractivity contribution in [3.63, 3.8) is 0 Å². The quantitative estimate of drug-likeness (QED) is 0.745. The number of nitrogens with one attached hydrogen (secondary N) is 1. The molecule has 0 aromatic carbocycles. The van der Waals surface area contributed by atoms with E-state index < -0.39 is 12.1 Å². The number of rotatable bonds is 4. The fourth-order valence-electron chi connectivity index (χ4n) is 0.705. The van der Waals surface area contributed by atoms with E-state index in [1.807, 2.05) is 6.92 Å². The highest BCUT2D eigenvalue weighted by Gasteiger charge is 2.17. The van der Waals surface area contributed by atoms with Crippen LogP contribution in [0.15, 0.2) is 0 Å². The van der Waals surface area contributed by atoms with Crippen molar-refractivity contribution in [3.05, 3.63) is 0 Å². The zero-order valence-corrected chi connectivity index (χ0v) is 8.68. The number of carbonyl (C=O) groups is 2. The van der Waals surface area contributed by atoms with Gasteiger partial charge in [-0.1, -0.05) is 22.9 Å². The summed E-state index contributed by atoms with van der Waals surface area (Å²) >= 11 is 3.03. The molecule has 0 radical (unpaired) electrons. The van der Waals surface area contributed by atoms with Gasteiger partial charge < -0.3 is 10.1 Å². The molecule has 70 valence electrons. The Bertz CT molecular complexity index is 172. The van der Waals surface area contributed by atoms with E-state index in [1.165, 1.54) is 7.11 Å². The summed E-state index contributed by atoms with van der Waals surface area (Å²) in [5.41, 5.74) is 0. The van der Waals surface area contributed by atoms with Crippen LogP contribution in [0.4, 0.5) is 4.79 Å². The third kappa shape index (κ3) is 3.71. The number of carbonyl (C=O) groups excluding carboxylic acids is 2. The Labute approximate surface area is 79.8 Å². The molecule has 0 saturated carbocycles. The molecule has 0 spiro atoms. The zero-order valence-electron chi connectivity index (χ0n) is 7.09. The lowest BCUT2D eigenvalue weighted by Crippen LogP contribution is -2.40. The molecule has 12 heavy (non-hydrogen) atoms. The van der Waals surface area contributed by atoms with Gasteiger partial charge in [-0.3, -0.25) is 4.79 Å². The Hall–Kier alpha value is -0.580. The molecule has 5 heteroatoms. The van der Waals surface area contributed by atoms with Crippen LogP contribution in [0.3, 0.4) is 0 Å². The van der Waals surface area contributed by atoms with Crippen molar-refractivity contribution in [2.45, 2.75) is 19.4 Å². The first-order valence-electron chi connectivity index (χ1n) is 3.58. The molecule has 0 aromatic heterocycles. The summed E-state index contributed by atoms with van der Waals surface area (Å²) < 4.78 is 4.36. The molecule has 4 nitrogen and oxygen atoms in total. The number of ether oxygens (including phenoxy) is 1. The Kier molecular flexibility index (Phi) is 5.70. The maximum Gasteiger partial charge on any atom is 0.407 e. The molecule has 0 bridgehead atoms. The van der Waals surface area contributed by atoms with Crippen molar-refractivity contribution in [2.24, 2.45) is 0 Å². The van der Waals surface area contributed by atoms with Gasteiger partial charge in [0, 0.05) is 0 Å². The lowest BCUT2D eigenvalue weighted by Gasteiger charge is -2.12. The number of hydrogen-bond donors (Lipinski definition) is 1. The first-order chi connectivity index (χ1) is 5.65. The predicted molar refractivity (Wildman–Crippen MR) is 48.4 cm³/mol. The number of amides is 1. The van der Waals surface area contributed by atoms with E-state index in [2.05, 4.69) is 26.0 Å². The third-order valence-electron chi connectivity index (χ3n) is 1.41. The number of alkyl carbamates (subject to hydrolysis) is 1. The molecule has 1 atom stereocenters. The Morgan fingerprint density at radius 3 is 2.50 bits per heavy atom. The minimum Gasteiger partial charge on any atom is -0.453 e. The minimum atomic E-state index is -0.573. The van der Waals surface area contributed by atoms with Crippen LogP contribution in [0.5, 0.6) is 0 Å². The summed E-state index contributed by atoms with van der Waals surface area (Å²) in [6.45, 7) is 1.82. The van der Waals surface area contributed by atoms with Gasteiger partial charge in [-0.25, -0.2) is 4.79 Å². The molecule has 1 unspecified atom stereocenters. The van der Waals surface area contributed by atoms with Crippen molar-refractivity contribution in [1.82, 2.24) is 5.32 Å². The number of halogens is 1. The highest BCUT2D eigenvalue weighted by atomic mass is 79.9. The van der Waals surface area contributed by atoms with Gasteiger partial charge in [-0.05, 0) is 6.42 Å². The fourth-order valence-corrected chi connectivity index (χ4v) is 1.10. The summed E-state index contributed by atoms with van der Waals surface area (Å²) in [6.07, 6.45) is -0.00403. The van der Waals surface area contributed by atoms with Crippen LogP contribution in [-0.2, 0) is 9.53 Å². The van der Waals surface area contributed by atoms with Crippen molar-refractivity contribution in [3.8, 4) is 0 Å². The average molecular weight is 238 g/mol. The summed E-state index contributed by atoms with van der Waals surface area (Å²) in [7, 11) is 1.26.